The van der Waals surface area contributed by atoms with Gasteiger partial charge in [0.2, 0.25) is 5.91 Å². The maximum absolute atomic E-state index is 12.7. The van der Waals surface area contributed by atoms with E-state index in [0.29, 0.717) is 36.7 Å². The summed E-state index contributed by atoms with van der Waals surface area (Å²) in [6.45, 7) is 4.12. The van der Waals surface area contributed by atoms with E-state index in [1.54, 1.807) is 24.3 Å². The molecule has 26 heavy (non-hydrogen) atoms. The van der Waals surface area contributed by atoms with Crippen LogP contribution in [0.2, 0.25) is 0 Å². The molecular weight excluding hydrogens is 336 g/mol. The van der Waals surface area contributed by atoms with Crippen LogP contribution in [-0.2, 0) is 9.59 Å². The number of rotatable bonds is 9. The fraction of sp³-hybridized carbons (Fsp3) is 0.500. The number of benzene rings is 1. The van der Waals surface area contributed by atoms with Gasteiger partial charge in [-0.05, 0) is 30.9 Å². The average Bonchev–Trinajstić information content (AvgIpc) is 2.60. The number of nitrogens with zero attached hydrogens (tertiary/aromatic N) is 3. The molecule has 0 aliphatic carbocycles. The largest absolute Gasteiger partial charge is 0.481 e. The number of carbonyl (C=O) groups is 2. The van der Waals surface area contributed by atoms with Gasteiger partial charge >= 0.3 is 5.97 Å². The first-order chi connectivity index (χ1) is 12.4. The zero-order chi connectivity index (χ0) is 19.1. The van der Waals surface area contributed by atoms with Crippen molar-refractivity contribution in [1.29, 1.82) is 0 Å². The number of aliphatic carboxylic acids is 1. The molecule has 1 aromatic carbocycles. The van der Waals surface area contributed by atoms with E-state index in [1.807, 2.05) is 13.8 Å². The minimum absolute atomic E-state index is 0.130. The molecule has 2 rings (SSSR count). The van der Waals surface area contributed by atoms with Crippen LogP contribution in [0.1, 0.15) is 45.6 Å². The number of amides is 1. The minimum Gasteiger partial charge on any atom is -0.481 e. The summed E-state index contributed by atoms with van der Waals surface area (Å²) in [5, 5.41) is 19.8. The Hall–Kier alpha value is -2.77. The summed E-state index contributed by atoms with van der Waals surface area (Å²) in [6, 6.07) is 6.14. The first kappa shape index (κ1) is 19.6. The lowest BCUT2D eigenvalue weighted by atomic mass is 10.0. The standard InChI is InChI=1S/C18H24N4O4/c1-12(2)16(17(25)19-11-7-3-4-10-15(23)24)22-18(26)13-8-5-6-9-14(13)20-21-22/h5-6,8-9,12,16H,3-4,7,10-11H2,1-2H3,(H,19,25)(H,23,24). The quantitative estimate of drug-likeness (QED) is 0.659. The van der Waals surface area contributed by atoms with Gasteiger partial charge in [-0.3, -0.25) is 14.4 Å². The van der Waals surface area contributed by atoms with Crippen LogP contribution in [0, 0.1) is 5.92 Å². The van der Waals surface area contributed by atoms with Crippen molar-refractivity contribution in [3.05, 3.63) is 34.6 Å². The number of nitrogens with one attached hydrogen (secondary N) is 1. The Kier molecular flexibility index (Phi) is 6.82. The zero-order valence-electron chi connectivity index (χ0n) is 15.0. The van der Waals surface area contributed by atoms with Crippen LogP contribution >= 0.6 is 0 Å². The molecule has 0 fully saturated rings. The number of hydrogen-bond acceptors (Lipinski definition) is 5. The summed E-state index contributed by atoms with van der Waals surface area (Å²) >= 11 is 0. The van der Waals surface area contributed by atoms with Crippen molar-refractivity contribution in [3.63, 3.8) is 0 Å². The summed E-state index contributed by atoms with van der Waals surface area (Å²) in [4.78, 5) is 35.7. The van der Waals surface area contributed by atoms with E-state index in [4.69, 9.17) is 5.11 Å². The lowest BCUT2D eigenvalue weighted by Crippen LogP contribution is -2.41. The fourth-order valence-corrected chi connectivity index (χ4v) is 2.77. The summed E-state index contributed by atoms with van der Waals surface area (Å²) in [7, 11) is 0. The summed E-state index contributed by atoms with van der Waals surface area (Å²) in [5.41, 5.74) is 0.154. The van der Waals surface area contributed by atoms with Crippen molar-refractivity contribution in [2.45, 2.75) is 45.6 Å². The van der Waals surface area contributed by atoms with E-state index in [1.165, 1.54) is 0 Å². The third-order valence-corrected chi connectivity index (χ3v) is 4.12. The van der Waals surface area contributed by atoms with Crippen molar-refractivity contribution < 1.29 is 14.7 Å². The van der Waals surface area contributed by atoms with Gasteiger partial charge in [0, 0.05) is 13.0 Å². The third-order valence-electron chi connectivity index (χ3n) is 4.12. The molecule has 1 unspecified atom stereocenters. The van der Waals surface area contributed by atoms with Crippen molar-refractivity contribution in [1.82, 2.24) is 20.3 Å². The van der Waals surface area contributed by atoms with Gasteiger partial charge in [0.15, 0.2) is 0 Å². The number of unbranched alkanes of at least 4 members (excludes halogenated alkanes) is 2. The molecule has 0 bridgehead atoms. The molecule has 1 atom stereocenters. The van der Waals surface area contributed by atoms with Crippen molar-refractivity contribution >= 4 is 22.8 Å². The molecule has 8 heteroatoms. The normalized spacial score (nSPS) is 12.3. The van der Waals surface area contributed by atoms with E-state index in [-0.39, 0.29) is 23.8 Å². The molecule has 2 N–H and O–H groups in total. The Morgan fingerprint density at radius 3 is 2.62 bits per heavy atom. The zero-order valence-corrected chi connectivity index (χ0v) is 15.0. The predicted molar refractivity (Wildman–Crippen MR) is 96.8 cm³/mol. The molecule has 1 amide bonds. The van der Waals surface area contributed by atoms with E-state index in [9.17, 15) is 14.4 Å². The molecule has 0 spiro atoms. The Bertz CT molecular complexity index is 831. The summed E-state index contributed by atoms with van der Waals surface area (Å²) in [5.74, 6) is -1.25. The minimum atomic E-state index is -0.817. The Balaban J connectivity index is 2.06. The monoisotopic (exact) mass is 360 g/mol. The van der Waals surface area contributed by atoms with Gasteiger partial charge in [0.25, 0.3) is 5.56 Å². The van der Waals surface area contributed by atoms with Gasteiger partial charge in [-0.25, -0.2) is 0 Å². The van der Waals surface area contributed by atoms with Crippen LogP contribution in [0.25, 0.3) is 10.9 Å². The molecule has 0 saturated heterocycles. The number of carboxylic acid groups (broad SMARTS) is 1. The Morgan fingerprint density at radius 1 is 1.19 bits per heavy atom. The van der Waals surface area contributed by atoms with Gasteiger partial charge in [-0.2, -0.15) is 4.68 Å². The second-order valence-corrected chi connectivity index (χ2v) is 6.54. The molecule has 1 heterocycles. The van der Waals surface area contributed by atoms with Crippen LogP contribution in [0.5, 0.6) is 0 Å². The third kappa shape index (κ3) is 4.87. The SMILES string of the molecule is CC(C)C(C(=O)NCCCCCC(=O)O)n1nnc2ccccc2c1=O. The number of carboxylic acids is 1. The molecule has 1 aromatic heterocycles. The summed E-state index contributed by atoms with van der Waals surface area (Å²) < 4.78 is 1.15. The topological polar surface area (TPSA) is 114 Å². The van der Waals surface area contributed by atoms with E-state index >= 15 is 0 Å². The Labute approximate surface area is 151 Å². The highest BCUT2D eigenvalue weighted by Gasteiger charge is 2.27. The second kappa shape index (κ2) is 9.07. The lowest BCUT2D eigenvalue weighted by Gasteiger charge is -2.21. The van der Waals surface area contributed by atoms with Gasteiger partial charge in [0.1, 0.15) is 11.6 Å². The number of hydrogen-bond donors (Lipinski definition) is 2. The van der Waals surface area contributed by atoms with Gasteiger partial charge in [-0.15, -0.1) is 5.10 Å². The van der Waals surface area contributed by atoms with E-state index < -0.39 is 12.0 Å². The number of aromatic nitrogens is 3. The van der Waals surface area contributed by atoms with Gasteiger partial charge in [-0.1, -0.05) is 37.6 Å². The molecule has 0 saturated carbocycles. The van der Waals surface area contributed by atoms with E-state index in [0.717, 1.165) is 4.68 Å². The van der Waals surface area contributed by atoms with Crippen LogP contribution in [0.4, 0.5) is 0 Å². The van der Waals surface area contributed by atoms with Crippen molar-refractivity contribution in [3.8, 4) is 0 Å². The maximum atomic E-state index is 12.7. The highest BCUT2D eigenvalue weighted by molar-refractivity contribution is 5.81. The number of fused-ring (bicyclic) bond motifs is 1. The number of carbonyl (C=O) groups excluding carboxylic acids is 1. The van der Waals surface area contributed by atoms with Gasteiger partial charge in [0.05, 0.1) is 5.39 Å². The van der Waals surface area contributed by atoms with Crippen LogP contribution < -0.4 is 10.9 Å². The van der Waals surface area contributed by atoms with Crippen molar-refractivity contribution in [2.75, 3.05) is 6.54 Å². The van der Waals surface area contributed by atoms with Crippen molar-refractivity contribution in [2.24, 2.45) is 5.92 Å². The first-order valence-electron chi connectivity index (χ1n) is 8.75. The molecule has 8 nitrogen and oxygen atoms in total. The van der Waals surface area contributed by atoms with Crippen LogP contribution in [-0.4, -0.2) is 38.5 Å². The van der Waals surface area contributed by atoms with Crippen LogP contribution in [0.15, 0.2) is 29.1 Å². The predicted octanol–water partition coefficient (Wildman–Crippen LogP) is 1.75. The molecule has 0 aliphatic rings. The maximum Gasteiger partial charge on any atom is 0.303 e. The molecule has 0 aliphatic heterocycles. The average molecular weight is 360 g/mol. The molecule has 2 aromatic rings. The molecule has 140 valence electrons. The summed E-state index contributed by atoms with van der Waals surface area (Å²) in [6.07, 6.45) is 2.11. The highest BCUT2D eigenvalue weighted by atomic mass is 16.4. The fourth-order valence-electron chi connectivity index (χ4n) is 2.77. The second-order valence-electron chi connectivity index (χ2n) is 6.54. The smallest absolute Gasteiger partial charge is 0.303 e. The lowest BCUT2D eigenvalue weighted by molar-refractivity contribution is -0.137. The first-order valence-corrected chi connectivity index (χ1v) is 8.75. The molecular formula is C18H24N4O4. The van der Waals surface area contributed by atoms with Crippen LogP contribution in [0.3, 0.4) is 0 Å². The molecule has 0 radical (unpaired) electrons. The van der Waals surface area contributed by atoms with E-state index in [2.05, 4.69) is 15.6 Å². The van der Waals surface area contributed by atoms with Gasteiger partial charge < -0.3 is 10.4 Å². The Morgan fingerprint density at radius 2 is 1.92 bits per heavy atom. The highest BCUT2D eigenvalue weighted by Crippen LogP contribution is 2.16.